The Morgan fingerprint density at radius 3 is 2.41 bits per heavy atom. The van der Waals surface area contributed by atoms with Gasteiger partial charge in [0.15, 0.2) is 5.13 Å². The third-order valence-corrected chi connectivity index (χ3v) is 10.4. The number of hydrogen-bond donors (Lipinski definition) is 3. The predicted molar refractivity (Wildman–Crippen MR) is 187 cm³/mol. The second-order valence-electron chi connectivity index (χ2n) is 13.1. The molecule has 1 aliphatic carbocycles. The molecule has 3 aromatic rings. The SMILES string of the molecule is CCCCOC(=O)NC(CCC(=O)OC(C)(C)C)NS(=O)(=O)c1ccc(C(CC2CCCC2)C(=O)Nc2nc3ccc(OC)nc3s2)cc1. The molecule has 1 fully saturated rings. The third-order valence-electron chi connectivity index (χ3n) is 8.00. The van der Waals surface area contributed by atoms with Crippen molar-refractivity contribution in [1.29, 1.82) is 0 Å². The molecule has 15 heteroatoms. The van der Waals surface area contributed by atoms with E-state index in [1.54, 1.807) is 45.0 Å². The first-order chi connectivity index (χ1) is 23.3. The second kappa shape index (κ2) is 17.2. The van der Waals surface area contributed by atoms with E-state index in [0.29, 0.717) is 45.7 Å². The minimum absolute atomic E-state index is 0.0627. The number of amides is 2. The molecular weight excluding hydrogens is 671 g/mol. The van der Waals surface area contributed by atoms with Gasteiger partial charge >= 0.3 is 12.1 Å². The molecule has 0 saturated heterocycles. The van der Waals surface area contributed by atoms with Crippen molar-refractivity contribution < 1.29 is 37.0 Å². The molecule has 2 heterocycles. The van der Waals surface area contributed by atoms with E-state index in [2.05, 4.69) is 25.3 Å². The normalized spacial score (nSPS) is 15.0. The molecule has 1 aliphatic rings. The number of anilines is 1. The smallest absolute Gasteiger partial charge is 0.408 e. The summed E-state index contributed by atoms with van der Waals surface area (Å²) in [6.45, 7) is 7.32. The van der Waals surface area contributed by atoms with Gasteiger partial charge in [-0.3, -0.25) is 9.59 Å². The van der Waals surface area contributed by atoms with Crippen LogP contribution in [0.4, 0.5) is 9.93 Å². The van der Waals surface area contributed by atoms with Crippen molar-refractivity contribution in [3.05, 3.63) is 42.0 Å². The number of methoxy groups -OCH3 is 1. The number of nitrogens with zero attached hydrogens (tertiary/aromatic N) is 2. The Morgan fingerprint density at radius 2 is 1.76 bits per heavy atom. The van der Waals surface area contributed by atoms with Crippen LogP contribution in [0.2, 0.25) is 0 Å². The Balaban J connectivity index is 1.50. The van der Waals surface area contributed by atoms with Crippen LogP contribution >= 0.6 is 11.3 Å². The number of benzene rings is 1. The van der Waals surface area contributed by atoms with E-state index < -0.39 is 39.8 Å². The molecule has 2 aromatic heterocycles. The van der Waals surface area contributed by atoms with Crippen LogP contribution in [0.1, 0.15) is 97.0 Å². The number of esters is 1. The third kappa shape index (κ3) is 11.6. The first-order valence-electron chi connectivity index (χ1n) is 16.7. The number of carbonyl (C=O) groups excluding carboxylic acids is 3. The summed E-state index contributed by atoms with van der Waals surface area (Å²) in [6.07, 6.45) is 4.22. The maximum Gasteiger partial charge on any atom is 0.408 e. The van der Waals surface area contributed by atoms with Crippen molar-refractivity contribution in [2.24, 2.45) is 5.92 Å². The average Bonchev–Trinajstić information content (AvgIpc) is 3.70. The molecule has 1 aromatic carbocycles. The molecule has 0 radical (unpaired) electrons. The Labute approximate surface area is 292 Å². The summed E-state index contributed by atoms with van der Waals surface area (Å²) in [5.41, 5.74) is 0.596. The molecule has 1 saturated carbocycles. The highest BCUT2D eigenvalue weighted by molar-refractivity contribution is 7.89. The number of pyridine rings is 1. The summed E-state index contributed by atoms with van der Waals surface area (Å²) in [7, 11) is -2.63. The van der Waals surface area contributed by atoms with E-state index >= 15 is 0 Å². The van der Waals surface area contributed by atoms with Gasteiger partial charge in [-0.2, -0.15) is 4.72 Å². The maximum absolute atomic E-state index is 13.7. The molecule has 0 spiro atoms. The van der Waals surface area contributed by atoms with Gasteiger partial charge in [0, 0.05) is 12.5 Å². The molecule has 2 amide bonds. The van der Waals surface area contributed by atoms with Crippen molar-refractivity contribution in [2.45, 2.75) is 108 Å². The van der Waals surface area contributed by atoms with Crippen LogP contribution in [0.25, 0.3) is 10.3 Å². The molecule has 2 unspecified atom stereocenters. The number of thiazole rings is 1. The van der Waals surface area contributed by atoms with E-state index in [-0.39, 0.29) is 30.3 Å². The number of carbonyl (C=O) groups is 3. The average molecular weight is 718 g/mol. The van der Waals surface area contributed by atoms with Gasteiger partial charge in [0.05, 0.1) is 30.7 Å². The van der Waals surface area contributed by atoms with E-state index in [1.165, 1.54) is 30.6 Å². The molecule has 4 rings (SSSR count). The lowest BCUT2D eigenvalue weighted by molar-refractivity contribution is -0.155. The van der Waals surface area contributed by atoms with Gasteiger partial charge < -0.3 is 24.8 Å². The highest BCUT2D eigenvalue weighted by Gasteiger charge is 2.29. The number of aromatic nitrogens is 2. The summed E-state index contributed by atoms with van der Waals surface area (Å²) in [4.78, 5) is 48.0. The van der Waals surface area contributed by atoms with Gasteiger partial charge in [0.25, 0.3) is 0 Å². The lowest BCUT2D eigenvalue weighted by atomic mass is 9.87. The van der Waals surface area contributed by atoms with Crippen LogP contribution in [-0.4, -0.2) is 61.8 Å². The quantitative estimate of drug-likeness (QED) is 0.0872. The Hall–Kier alpha value is -3.82. The molecule has 0 bridgehead atoms. The Bertz CT molecular complexity index is 1680. The monoisotopic (exact) mass is 717 g/mol. The Morgan fingerprint density at radius 1 is 1.04 bits per heavy atom. The molecule has 0 aliphatic heterocycles. The number of alkyl carbamates (subject to hydrolysis) is 1. The van der Waals surface area contributed by atoms with Crippen LogP contribution < -0.4 is 20.1 Å². The lowest BCUT2D eigenvalue weighted by Crippen LogP contribution is -2.48. The lowest BCUT2D eigenvalue weighted by Gasteiger charge is -2.23. The van der Waals surface area contributed by atoms with Gasteiger partial charge in [-0.05, 0) is 69.7 Å². The standard InChI is InChI=1S/C34H47N5O8S2/c1-6-7-20-46-33(42)36-27(17-19-29(40)47-34(2,3)4)39-49(43,44)24-14-12-23(13-15-24)25(21-22-10-8-9-11-22)30(41)38-32-35-26-16-18-28(45-5)37-31(26)48-32/h12-16,18,22,25,27,39H,6-11,17,19-21H2,1-5H3,(H,36,42)(H,35,38,41). The number of sulfonamides is 1. The fourth-order valence-electron chi connectivity index (χ4n) is 5.58. The van der Waals surface area contributed by atoms with Gasteiger partial charge in [-0.25, -0.2) is 23.2 Å². The number of nitrogens with one attached hydrogen (secondary N) is 3. The van der Waals surface area contributed by atoms with E-state index in [1.807, 2.05) is 6.92 Å². The zero-order valence-corrected chi connectivity index (χ0v) is 30.4. The number of hydrogen-bond acceptors (Lipinski definition) is 11. The summed E-state index contributed by atoms with van der Waals surface area (Å²) in [5.74, 6) is -0.482. The first-order valence-corrected chi connectivity index (χ1v) is 19.0. The van der Waals surface area contributed by atoms with Crippen molar-refractivity contribution in [1.82, 2.24) is 20.0 Å². The van der Waals surface area contributed by atoms with Crippen LogP contribution in [0.15, 0.2) is 41.3 Å². The first kappa shape index (κ1) is 38.0. The number of fused-ring (bicyclic) bond motifs is 1. The van der Waals surface area contributed by atoms with Crippen LogP contribution in [0, 0.1) is 5.92 Å². The Kier molecular flexibility index (Phi) is 13.3. The number of unbranched alkanes of at least 4 members (excludes halogenated alkanes) is 1. The van der Waals surface area contributed by atoms with Crippen molar-refractivity contribution in [3.8, 4) is 5.88 Å². The molecule has 268 valence electrons. The van der Waals surface area contributed by atoms with E-state index in [0.717, 1.165) is 32.1 Å². The van der Waals surface area contributed by atoms with Crippen molar-refractivity contribution >= 4 is 54.8 Å². The molecule has 2 atom stereocenters. The molecule has 49 heavy (non-hydrogen) atoms. The predicted octanol–water partition coefficient (Wildman–Crippen LogP) is 6.26. The molecule has 13 nitrogen and oxygen atoms in total. The molecular formula is C34H47N5O8S2. The summed E-state index contributed by atoms with van der Waals surface area (Å²) in [6, 6.07) is 9.64. The highest BCUT2D eigenvalue weighted by atomic mass is 32.2. The van der Waals surface area contributed by atoms with Crippen LogP contribution in [0.5, 0.6) is 5.88 Å². The summed E-state index contributed by atoms with van der Waals surface area (Å²) in [5, 5.41) is 5.88. The van der Waals surface area contributed by atoms with Crippen LogP contribution in [-0.2, 0) is 29.1 Å². The van der Waals surface area contributed by atoms with Crippen molar-refractivity contribution in [2.75, 3.05) is 19.0 Å². The second-order valence-corrected chi connectivity index (χ2v) is 15.8. The number of rotatable bonds is 16. The maximum atomic E-state index is 13.7. The molecule has 3 N–H and O–H groups in total. The van der Waals surface area contributed by atoms with Gasteiger partial charge in [0.1, 0.15) is 15.9 Å². The van der Waals surface area contributed by atoms with Gasteiger partial charge in [0.2, 0.25) is 21.8 Å². The van der Waals surface area contributed by atoms with E-state index in [9.17, 15) is 22.8 Å². The zero-order valence-electron chi connectivity index (χ0n) is 28.7. The van der Waals surface area contributed by atoms with Crippen LogP contribution in [0.3, 0.4) is 0 Å². The van der Waals surface area contributed by atoms with Crippen molar-refractivity contribution in [3.63, 3.8) is 0 Å². The topological polar surface area (TPSA) is 175 Å². The fraction of sp³-hybridized carbons (Fsp3) is 0.559. The fourth-order valence-corrected chi connectivity index (χ4v) is 7.59. The van der Waals surface area contributed by atoms with E-state index in [4.69, 9.17) is 14.2 Å². The summed E-state index contributed by atoms with van der Waals surface area (Å²) >= 11 is 1.25. The summed E-state index contributed by atoms with van der Waals surface area (Å²) < 4.78 is 45.2. The zero-order chi connectivity index (χ0) is 35.6. The van der Waals surface area contributed by atoms with Gasteiger partial charge in [-0.15, -0.1) is 0 Å². The van der Waals surface area contributed by atoms with Gasteiger partial charge in [-0.1, -0.05) is 62.5 Å². The highest BCUT2D eigenvalue weighted by Crippen LogP contribution is 2.36. The minimum Gasteiger partial charge on any atom is -0.481 e. The largest absolute Gasteiger partial charge is 0.481 e. The number of ether oxygens (including phenoxy) is 3. The minimum atomic E-state index is -4.17.